The first-order valence-electron chi connectivity index (χ1n) is 21.6. The van der Waals surface area contributed by atoms with Crippen LogP contribution in [0.4, 0.5) is 0 Å². The summed E-state index contributed by atoms with van der Waals surface area (Å²) in [4.78, 5) is 57.3. The zero-order valence-electron chi connectivity index (χ0n) is 37.2. The van der Waals surface area contributed by atoms with Gasteiger partial charge >= 0.3 is 25.7 Å². The van der Waals surface area contributed by atoms with Crippen LogP contribution in [0.5, 0.6) is 0 Å². The van der Waals surface area contributed by atoms with Gasteiger partial charge in [0.2, 0.25) is 0 Å². The number of rotatable bonds is 21. The SMILES string of the molecule is N[C@@H]1[C@@H](O)[C@H](OP(=O)(O)O)[C@@H](CO[C@@H]2O[C@H](CO[C@]3(C(=O)O)C[C@@H](O[C@]4(C(=O)O)C[C@@H](O)[C@@H](O)[C@@H]([C@H](O)CO[C@]5(C(=O)O)C[C@@H](O)[C@@H](O)[C@@H]([C@H](O)CO)O5)O4)[C@@H](O)[C@@H]([C@H](O)CO)O3)[C@@H](O)[C@H](O)[C@H]2N)O[C@H]1O. The van der Waals surface area contributed by atoms with Gasteiger partial charge < -0.3 is 151 Å². The number of hydrogen-bond donors (Lipinski definition) is 21. The lowest BCUT2D eigenvalue weighted by molar-refractivity contribution is -0.380. The number of hydrogen-bond acceptors (Lipinski definition) is 30. The van der Waals surface area contributed by atoms with Gasteiger partial charge in [0.05, 0.1) is 63.4 Å². The van der Waals surface area contributed by atoms with Gasteiger partial charge in [-0.3, -0.25) is 4.52 Å². The summed E-state index contributed by atoms with van der Waals surface area (Å²) < 4.78 is 65.1. The van der Waals surface area contributed by atoms with Gasteiger partial charge in [0.1, 0.15) is 91.6 Å². The molecule has 0 aromatic rings. The quantitative estimate of drug-likeness (QED) is 0.0475. The van der Waals surface area contributed by atoms with Crippen LogP contribution < -0.4 is 11.5 Å². The molecule has 36 heteroatoms. The van der Waals surface area contributed by atoms with E-state index in [4.69, 9.17) is 54.1 Å². The molecule has 0 aliphatic carbocycles. The van der Waals surface area contributed by atoms with Crippen molar-refractivity contribution < 1.29 is 163 Å². The van der Waals surface area contributed by atoms with Crippen molar-refractivity contribution in [3.8, 4) is 0 Å². The number of phosphoric ester groups is 1. The molecular formula is C36H61N2O33P. The highest BCUT2D eigenvalue weighted by Gasteiger charge is 2.62. The monoisotopic (exact) mass is 1080 g/mol. The molecule has 5 fully saturated rings. The first-order chi connectivity index (χ1) is 33.4. The summed E-state index contributed by atoms with van der Waals surface area (Å²) in [6.45, 7) is -5.86. The fourth-order valence-electron chi connectivity index (χ4n) is 8.51. The highest BCUT2D eigenvalue weighted by molar-refractivity contribution is 7.46. The average molecular weight is 1080 g/mol. The van der Waals surface area contributed by atoms with Crippen LogP contribution >= 0.6 is 7.82 Å². The topological polar surface area (TPSA) is 597 Å². The molecule has 35 nitrogen and oxygen atoms in total. The van der Waals surface area contributed by atoms with Crippen LogP contribution in [-0.2, 0) is 66.1 Å². The first-order valence-corrected chi connectivity index (χ1v) is 23.2. The zero-order chi connectivity index (χ0) is 54.2. The van der Waals surface area contributed by atoms with Crippen LogP contribution in [0, 0.1) is 0 Å². The van der Waals surface area contributed by atoms with Gasteiger partial charge in [-0.1, -0.05) is 0 Å². The molecule has 5 aliphatic heterocycles. The Kier molecular flexibility index (Phi) is 20.0. The van der Waals surface area contributed by atoms with Crippen molar-refractivity contribution in [3.05, 3.63) is 0 Å². The molecule has 0 amide bonds. The van der Waals surface area contributed by atoms with Crippen molar-refractivity contribution in [2.24, 2.45) is 11.5 Å². The number of aliphatic hydroxyl groups is 14. The van der Waals surface area contributed by atoms with E-state index in [-0.39, 0.29) is 0 Å². The fourth-order valence-corrected chi connectivity index (χ4v) is 9.09. The molecule has 0 radical (unpaired) electrons. The Labute approximate surface area is 403 Å². The molecule has 0 unspecified atom stereocenters. The smallest absolute Gasteiger partial charge is 0.470 e. The molecule has 5 heterocycles. The molecule has 25 atom stereocenters. The Balaban J connectivity index is 1.37. The number of aliphatic hydroxyl groups excluding tert-OH is 14. The Morgan fingerprint density at radius 2 is 1.08 bits per heavy atom. The van der Waals surface area contributed by atoms with Gasteiger partial charge in [0, 0.05) is 19.3 Å². The van der Waals surface area contributed by atoms with Gasteiger partial charge in [-0.25, -0.2) is 18.9 Å². The highest BCUT2D eigenvalue weighted by atomic mass is 31.2. The predicted octanol–water partition coefficient (Wildman–Crippen LogP) is -12.3. The van der Waals surface area contributed by atoms with Crippen molar-refractivity contribution in [1.29, 1.82) is 0 Å². The van der Waals surface area contributed by atoms with E-state index in [1.54, 1.807) is 0 Å². The molecule has 0 spiro atoms. The standard InChI is InChI=1S/C36H61N2O33P/c37-17-24(51)28(71-72(59,60)61)16(65-29(17)52)7-62-30-18(38)23(50)21(48)15(66-30)8-64-35(32(55)56)3-14(22(49)26(69-35)12(44)5-40)67-36(33(57)58)2-10(42)20(47)27(70-36)13(45)6-63-34(31(53)54)1-9(41)19(46)25(68-34)11(43)4-39/h9-30,39-52H,1-8,37-38H2,(H,53,54)(H,55,56)(H,57,58)(H2,59,60,61)/t9-,10-,11-,12-,13-,14-,15-,16-,17-,18-,19-,20-,21-,22-,23-,24-,25-,26-,27-,28-,29-,30-,34-,35-,36-/m1/s1. The molecular weight excluding hydrogens is 1020 g/mol. The van der Waals surface area contributed by atoms with Gasteiger partial charge in [-0.05, 0) is 0 Å². The van der Waals surface area contributed by atoms with E-state index in [0.29, 0.717) is 0 Å². The third-order valence-corrected chi connectivity index (χ3v) is 13.1. The number of carboxylic acids is 3. The number of nitrogens with two attached hydrogens (primary N) is 2. The average Bonchev–Trinajstić information content (AvgIpc) is 3.31. The lowest BCUT2D eigenvalue weighted by atomic mass is 9.89. The van der Waals surface area contributed by atoms with Gasteiger partial charge in [-0.15, -0.1) is 0 Å². The molecule has 5 saturated heterocycles. The third kappa shape index (κ3) is 12.8. The Morgan fingerprint density at radius 3 is 1.60 bits per heavy atom. The minimum Gasteiger partial charge on any atom is -0.477 e. The molecule has 23 N–H and O–H groups in total. The molecule has 0 aromatic heterocycles. The number of carbonyl (C=O) groups is 3. The van der Waals surface area contributed by atoms with Crippen LogP contribution in [0.25, 0.3) is 0 Å². The van der Waals surface area contributed by atoms with Crippen LogP contribution in [0.2, 0.25) is 0 Å². The number of ether oxygens (including phenoxy) is 9. The van der Waals surface area contributed by atoms with E-state index in [0.717, 1.165) is 0 Å². The summed E-state index contributed by atoms with van der Waals surface area (Å²) in [5.74, 6) is -16.0. The maximum Gasteiger partial charge on any atom is 0.470 e. The second-order valence-electron chi connectivity index (χ2n) is 17.6. The van der Waals surface area contributed by atoms with Crippen molar-refractivity contribution in [1.82, 2.24) is 0 Å². The van der Waals surface area contributed by atoms with E-state index >= 15 is 0 Å². The molecule has 0 bridgehead atoms. The Morgan fingerprint density at radius 1 is 0.597 bits per heavy atom. The first kappa shape index (κ1) is 60.4. The zero-order valence-corrected chi connectivity index (χ0v) is 38.1. The third-order valence-electron chi connectivity index (χ3n) is 12.6. The summed E-state index contributed by atoms with van der Waals surface area (Å²) in [7, 11) is -5.37. The van der Waals surface area contributed by atoms with E-state index in [9.17, 15) is 116 Å². The van der Waals surface area contributed by atoms with Gasteiger partial charge in [0.15, 0.2) is 12.6 Å². The van der Waals surface area contributed by atoms with Crippen molar-refractivity contribution >= 4 is 25.7 Å². The van der Waals surface area contributed by atoms with E-state index in [1.165, 1.54) is 0 Å². The minimum absolute atomic E-state index is 0.909. The van der Waals surface area contributed by atoms with Crippen molar-refractivity contribution in [3.63, 3.8) is 0 Å². The maximum absolute atomic E-state index is 13.1. The lowest BCUT2D eigenvalue weighted by Gasteiger charge is -2.50. The number of aliphatic carboxylic acids is 3. The van der Waals surface area contributed by atoms with Crippen LogP contribution in [0.3, 0.4) is 0 Å². The van der Waals surface area contributed by atoms with Gasteiger partial charge in [-0.2, -0.15) is 0 Å². The maximum atomic E-state index is 13.1. The number of phosphoric acid groups is 1. The largest absolute Gasteiger partial charge is 0.477 e. The lowest BCUT2D eigenvalue weighted by Crippen LogP contribution is -2.68. The molecule has 0 saturated carbocycles. The van der Waals surface area contributed by atoms with E-state index < -0.39 is 230 Å². The Bertz CT molecular complexity index is 1890. The summed E-state index contributed by atoms with van der Waals surface area (Å²) in [5, 5.41) is 178. The van der Waals surface area contributed by atoms with Crippen LogP contribution in [-0.4, -0.2) is 299 Å². The predicted molar refractivity (Wildman–Crippen MR) is 215 cm³/mol. The minimum atomic E-state index is -5.37. The normalized spacial score (nSPS) is 45.4. The summed E-state index contributed by atoms with van der Waals surface area (Å²) >= 11 is 0. The number of carboxylic acid groups (broad SMARTS) is 3. The van der Waals surface area contributed by atoms with E-state index in [2.05, 4.69) is 4.52 Å². The second-order valence-corrected chi connectivity index (χ2v) is 18.8. The molecule has 0 aromatic carbocycles. The molecule has 5 rings (SSSR count). The second kappa shape index (κ2) is 23.8. The summed E-state index contributed by atoms with van der Waals surface area (Å²) in [5.41, 5.74) is 11.6. The Hall–Kier alpha value is -2.48. The highest BCUT2D eigenvalue weighted by Crippen LogP contribution is 2.43. The van der Waals surface area contributed by atoms with Gasteiger partial charge in [0.25, 0.3) is 17.4 Å². The molecule has 72 heavy (non-hydrogen) atoms. The molecule has 418 valence electrons. The molecule has 5 aliphatic rings. The van der Waals surface area contributed by atoms with Crippen molar-refractivity contribution in [2.75, 3.05) is 33.0 Å². The summed E-state index contributed by atoms with van der Waals surface area (Å²) in [6.07, 6.45) is -45.9. The van der Waals surface area contributed by atoms with Crippen LogP contribution in [0.15, 0.2) is 0 Å². The van der Waals surface area contributed by atoms with Crippen molar-refractivity contribution in [2.45, 2.75) is 171 Å². The fraction of sp³-hybridized carbons (Fsp3) is 0.917. The van der Waals surface area contributed by atoms with E-state index in [1.807, 2.05) is 0 Å². The summed E-state index contributed by atoms with van der Waals surface area (Å²) in [6, 6.07) is -3.34. The van der Waals surface area contributed by atoms with Crippen LogP contribution in [0.1, 0.15) is 19.3 Å².